The Bertz CT molecular complexity index is 563. The number of aromatic amines is 1. The van der Waals surface area contributed by atoms with Gasteiger partial charge >= 0.3 is 0 Å². The number of nitrogens with one attached hydrogen (secondary N) is 2. The van der Waals surface area contributed by atoms with Crippen LogP contribution in [-0.2, 0) is 6.54 Å². The normalized spacial score (nSPS) is 25.9. The molecule has 0 aliphatic heterocycles. The molecule has 4 nitrogen and oxygen atoms in total. The molecule has 1 fully saturated rings. The molecule has 0 radical (unpaired) electrons. The Balaban J connectivity index is 1.65. The van der Waals surface area contributed by atoms with E-state index in [0.717, 1.165) is 35.3 Å². The van der Waals surface area contributed by atoms with Crippen LogP contribution in [-0.4, -0.2) is 21.5 Å². The Morgan fingerprint density at radius 1 is 1.14 bits per heavy atom. The maximum absolute atomic E-state index is 4.32. The lowest BCUT2D eigenvalue weighted by molar-refractivity contribution is 0.226. The fourth-order valence-electron chi connectivity index (χ4n) is 3.40. The van der Waals surface area contributed by atoms with E-state index in [-0.39, 0.29) is 0 Å². The fraction of sp³-hybridized carbons (Fsp3) is 0.529. The largest absolute Gasteiger partial charge is 0.308 e. The minimum atomic E-state index is 0.599. The Labute approximate surface area is 126 Å². The zero-order chi connectivity index (χ0) is 14.7. The molecule has 4 heteroatoms. The quantitative estimate of drug-likeness (QED) is 0.905. The summed E-state index contributed by atoms with van der Waals surface area (Å²) < 4.78 is 0. The average Bonchev–Trinajstić information content (AvgIpc) is 2.96. The Morgan fingerprint density at radius 3 is 2.71 bits per heavy atom. The van der Waals surface area contributed by atoms with E-state index in [1.165, 1.54) is 19.3 Å². The lowest BCUT2D eigenvalue weighted by Crippen LogP contribution is -2.38. The van der Waals surface area contributed by atoms with Gasteiger partial charge in [-0.1, -0.05) is 44.2 Å². The van der Waals surface area contributed by atoms with Gasteiger partial charge < -0.3 is 5.32 Å². The summed E-state index contributed by atoms with van der Waals surface area (Å²) in [5, 5.41) is 15.1. The van der Waals surface area contributed by atoms with Crippen molar-refractivity contribution in [1.29, 1.82) is 0 Å². The molecule has 2 N–H and O–H groups in total. The van der Waals surface area contributed by atoms with Gasteiger partial charge in [0.15, 0.2) is 0 Å². The van der Waals surface area contributed by atoms with E-state index in [9.17, 15) is 0 Å². The predicted molar refractivity (Wildman–Crippen MR) is 84.6 cm³/mol. The van der Waals surface area contributed by atoms with Crippen LogP contribution >= 0.6 is 0 Å². The molecule has 0 amide bonds. The molecule has 3 unspecified atom stereocenters. The van der Waals surface area contributed by atoms with Crippen molar-refractivity contribution in [2.45, 2.75) is 45.7 Å². The molecule has 1 saturated carbocycles. The van der Waals surface area contributed by atoms with E-state index in [1.807, 2.05) is 18.2 Å². The molecule has 0 spiro atoms. The Hall–Kier alpha value is -1.68. The number of aromatic nitrogens is 3. The van der Waals surface area contributed by atoms with Crippen molar-refractivity contribution in [1.82, 2.24) is 20.7 Å². The highest BCUT2D eigenvalue weighted by Gasteiger charge is 2.25. The van der Waals surface area contributed by atoms with Crippen LogP contribution in [0.15, 0.2) is 30.3 Å². The summed E-state index contributed by atoms with van der Waals surface area (Å²) >= 11 is 0. The van der Waals surface area contributed by atoms with Crippen LogP contribution in [0.4, 0.5) is 0 Å². The Morgan fingerprint density at radius 2 is 1.95 bits per heavy atom. The molecule has 0 saturated heterocycles. The Kier molecular flexibility index (Phi) is 4.34. The molecule has 0 bridgehead atoms. The number of benzene rings is 1. The van der Waals surface area contributed by atoms with Crippen molar-refractivity contribution >= 4 is 0 Å². The van der Waals surface area contributed by atoms with Crippen LogP contribution in [0, 0.1) is 11.8 Å². The molecule has 2 aromatic rings. The number of hydrogen-bond acceptors (Lipinski definition) is 3. The van der Waals surface area contributed by atoms with E-state index in [1.54, 1.807) is 0 Å². The van der Waals surface area contributed by atoms with Gasteiger partial charge in [-0.2, -0.15) is 15.4 Å². The maximum atomic E-state index is 4.32. The summed E-state index contributed by atoms with van der Waals surface area (Å²) in [6, 6.07) is 10.8. The molecule has 1 aliphatic rings. The van der Waals surface area contributed by atoms with Crippen molar-refractivity contribution in [3.63, 3.8) is 0 Å². The zero-order valence-corrected chi connectivity index (χ0v) is 12.8. The number of nitrogens with zero attached hydrogens (tertiary/aromatic N) is 2. The summed E-state index contributed by atoms with van der Waals surface area (Å²) in [6.45, 7) is 5.50. The van der Waals surface area contributed by atoms with Crippen molar-refractivity contribution < 1.29 is 0 Å². The highest BCUT2D eigenvalue weighted by Crippen LogP contribution is 2.29. The van der Waals surface area contributed by atoms with Crippen LogP contribution in [0.25, 0.3) is 11.3 Å². The molecule has 3 atom stereocenters. The molecule has 3 rings (SSSR count). The van der Waals surface area contributed by atoms with Gasteiger partial charge in [0.25, 0.3) is 0 Å². The fourth-order valence-corrected chi connectivity index (χ4v) is 3.40. The van der Waals surface area contributed by atoms with Gasteiger partial charge in [-0.05, 0) is 31.1 Å². The van der Waals surface area contributed by atoms with E-state index < -0.39 is 0 Å². The second-order valence-electron chi connectivity index (χ2n) is 6.37. The van der Waals surface area contributed by atoms with Crippen molar-refractivity contribution in [2.75, 3.05) is 0 Å². The van der Waals surface area contributed by atoms with Crippen LogP contribution in [0.2, 0.25) is 0 Å². The van der Waals surface area contributed by atoms with Crippen LogP contribution in [0.1, 0.15) is 38.8 Å². The average molecular weight is 284 g/mol. The third-order valence-corrected chi connectivity index (χ3v) is 4.63. The summed E-state index contributed by atoms with van der Waals surface area (Å²) in [6.07, 6.45) is 3.91. The highest BCUT2D eigenvalue weighted by molar-refractivity contribution is 5.60. The molecule has 1 heterocycles. The monoisotopic (exact) mass is 284 g/mol. The number of rotatable bonds is 4. The third-order valence-electron chi connectivity index (χ3n) is 4.63. The lowest BCUT2D eigenvalue weighted by Gasteiger charge is -2.33. The summed E-state index contributed by atoms with van der Waals surface area (Å²) in [4.78, 5) is 0. The van der Waals surface area contributed by atoms with E-state index in [4.69, 9.17) is 0 Å². The first-order valence-electron chi connectivity index (χ1n) is 7.92. The third kappa shape index (κ3) is 3.32. The van der Waals surface area contributed by atoms with Crippen molar-refractivity contribution in [2.24, 2.45) is 11.8 Å². The molecule has 1 aliphatic carbocycles. The SMILES string of the molecule is CC1CCC(NCc2n[nH]nc2-c2ccccc2)C(C)C1. The van der Waals surface area contributed by atoms with Gasteiger partial charge in [0.05, 0.1) is 0 Å². The first kappa shape index (κ1) is 14.3. The first-order valence-corrected chi connectivity index (χ1v) is 7.92. The molecule has 1 aromatic heterocycles. The summed E-state index contributed by atoms with van der Waals surface area (Å²) in [7, 11) is 0. The van der Waals surface area contributed by atoms with Crippen molar-refractivity contribution in [3.05, 3.63) is 36.0 Å². The zero-order valence-electron chi connectivity index (χ0n) is 12.8. The number of hydrogen-bond donors (Lipinski definition) is 2. The van der Waals surface area contributed by atoms with E-state index >= 15 is 0 Å². The van der Waals surface area contributed by atoms with Crippen LogP contribution in [0.5, 0.6) is 0 Å². The highest BCUT2D eigenvalue weighted by atomic mass is 15.3. The van der Waals surface area contributed by atoms with Gasteiger partial charge in [-0.3, -0.25) is 0 Å². The second kappa shape index (κ2) is 6.39. The topological polar surface area (TPSA) is 53.6 Å². The number of H-pyrrole nitrogens is 1. The van der Waals surface area contributed by atoms with E-state index in [2.05, 4.69) is 46.7 Å². The van der Waals surface area contributed by atoms with Gasteiger partial charge in [-0.25, -0.2) is 0 Å². The minimum Gasteiger partial charge on any atom is -0.308 e. The molecule has 1 aromatic carbocycles. The van der Waals surface area contributed by atoms with E-state index in [0.29, 0.717) is 6.04 Å². The minimum absolute atomic E-state index is 0.599. The molecule has 21 heavy (non-hydrogen) atoms. The van der Waals surface area contributed by atoms with Crippen LogP contribution < -0.4 is 5.32 Å². The van der Waals surface area contributed by atoms with Gasteiger partial charge in [0.1, 0.15) is 11.4 Å². The molecular formula is C17H24N4. The smallest absolute Gasteiger partial charge is 0.117 e. The molecule has 112 valence electrons. The second-order valence-corrected chi connectivity index (χ2v) is 6.37. The van der Waals surface area contributed by atoms with Gasteiger partial charge in [-0.15, -0.1) is 0 Å². The van der Waals surface area contributed by atoms with Gasteiger partial charge in [0.2, 0.25) is 0 Å². The summed E-state index contributed by atoms with van der Waals surface area (Å²) in [5.41, 5.74) is 3.08. The van der Waals surface area contributed by atoms with Gasteiger partial charge in [0, 0.05) is 18.2 Å². The van der Waals surface area contributed by atoms with Crippen molar-refractivity contribution in [3.8, 4) is 11.3 Å². The molecular weight excluding hydrogens is 260 g/mol. The predicted octanol–water partition coefficient (Wildman–Crippen LogP) is 3.39. The standard InChI is InChI=1S/C17H24N4/c1-12-8-9-15(13(2)10-12)18-11-16-17(20-21-19-16)14-6-4-3-5-7-14/h3-7,12-13,15,18H,8-11H2,1-2H3,(H,19,20,21). The first-order chi connectivity index (χ1) is 10.2. The van der Waals surface area contributed by atoms with Crippen LogP contribution in [0.3, 0.4) is 0 Å². The maximum Gasteiger partial charge on any atom is 0.117 e. The summed E-state index contributed by atoms with van der Waals surface area (Å²) in [5.74, 6) is 1.60. The lowest BCUT2D eigenvalue weighted by atomic mass is 9.80.